The second-order valence-corrected chi connectivity index (χ2v) is 13.5. The van der Waals surface area contributed by atoms with Crippen molar-refractivity contribution in [1.82, 2.24) is 19.5 Å². The first-order chi connectivity index (χ1) is 28.2. The monoisotopic (exact) mass is 815 g/mol. The van der Waals surface area contributed by atoms with Crippen LogP contribution < -0.4 is 11.3 Å². The van der Waals surface area contributed by atoms with Crippen LogP contribution in [0.2, 0.25) is 0 Å². The zero-order valence-corrected chi connectivity index (χ0v) is 31.8. The summed E-state index contributed by atoms with van der Waals surface area (Å²) in [5.41, 5.74) is 5.91. The van der Waals surface area contributed by atoms with E-state index in [0.29, 0.717) is 5.56 Å². The van der Waals surface area contributed by atoms with Gasteiger partial charge in [0.15, 0.2) is 23.5 Å². The number of benzene rings is 3. The summed E-state index contributed by atoms with van der Waals surface area (Å²) in [6, 6.07) is 24.6. The molecule has 7 rings (SSSR count). The van der Waals surface area contributed by atoms with Gasteiger partial charge in [-0.3, -0.25) is 19.1 Å². The lowest BCUT2D eigenvalue weighted by Crippen LogP contribution is -2.45. The van der Waals surface area contributed by atoms with Gasteiger partial charge in [-0.25, -0.2) is 19.4 Å². The summed E-state index contributed by atoms with van der Waals surface area (Å²) in [5, 5.41) is 29.5. The summed E-state index contributed by atoms with van der Waals surface area (Å²) in [4.78, 5) is 72.4. The molecule has 0 aliphatic carbocycles. The Kier molecular flexibility index (Phi) is 13.1. The molecular weight excluding hydrogens is 774 g/mol. The Morgan fingerprint density at radius 2 is 1.29 bits per heavy atom. The van der Waals surface area contributed by atoms with Gasteiger partial charge in [-0.2, -0.15) is 4.98 Å². The summed E-state index contributed by atoms with van der Waals surface area (Å²) in [6.45, 7) is 4.15. The van der Waals surface area contributed by atoms with Crippen molar-refractivity contribution >= 4 is 41.0 Å². The quantitative estimate of drug-likeness (QED) is 0.0991. The van der Waals surface area contributed by atoms with Crippen molar-refractivity contribution in [2.24, 2.45) is 0 Å². The minimum Gasteiger partial charge on any atom is -0.456 e. The molecule has 2 aromatic heterocycles. The van der Waals surface area contributed by atoms with Crippen LogP contribution in [0.3, 0.4) is 0 Å². The minimum atomic E-state index is -1.42. The first-order valence-electron chi connectivity index (χ1n) is 18.3. The number of aliphatic hydroxyl groups excluding tert-OH is 3. The number of rotatable bonds is 10. The third kappa shape index (κ3) is 9.62. The Balaban J connectivity index is 0.000000234. The summed E-state index contributed by atoms with van der Waals surface area (Å²) in [5.74, 6) is -2.92. The summed E-state index contributed by atoms with van der Waals surface area (Å²) >= 11 is 0. The maximum Gasteiger partial charge on any atom is 0.338 e. The van der Waals surface area contributed by atoms with E-state index in [4.69, 9.17) is 34.2 Å². The van der Waals surface area contributed by atoms with Gasteiger partial charge < -0.3 is 49.5 Å². The predicted molar refractivity (Wildman–Crippen MR) is 203 cm³/mol. The standard InChI is InChI=1S/C29H26O9.C11H15N5O5/c1-18(34-26(31)20-12-6-3-7-13-20)23-24(36-27(32)21-14-8-4-9-15-21)25(29(38-23)35-19(2)30)37-28(33)22-16-10-5-11-17-22;1-3(17)7-5(18)6(19)10(21-7)16-2-13-4-8(16)14-11(12)15-9(4)20/h3-18,23-25,29H,1-2H3;2-3,5-7,10,17-19H,1H3,(H3,12,14,15,20)/t18?,23-,24-,25?,29?;3?,5-,6+,7+,10+/m10/s1. The van der Waals surface area contributed by atoms with E-state index in [1.807, 2.05) is 0 Å². The fourth-order valence-electron chi connectivity index (χ4n) is 6.40. The molecule has 0 amide bonds. The van der Waals surface area contributed by atoms with E-state index < -0.39 is 90.8 Å². The van der Waals surface area contributed by atoms with E-state index in [2.05, 4.69) is 15.0 Å². The van der Waals surface area contributed by atoms with Crippen LogP contribution in [0, 0.1) is 0 Å². The third-order valence-corrected chi connectivity index (χ3v) is 9.24. The lowest BCUT2D eigenvalue weighted by molar-refractivity contribution is -0.191. The largest absolute Gasteiger partial charge is 0.456 e. The molecule has 0 saturated carbocycles. The van der Waals surface area contributed by atoms with E-state index in [9.17, 15) is 39.3 Å². The highest BCUT2D eigenvalue weighted by Gasteiger charge is 2.54. The average molecular weight is 816 g/mol. The first kappa shape index (κ1) is 42.1. The number of aromatic nitrogens is 4. The lowest BCUT2D eigenvalue weighted by atomic mass is 10.1. The molecule has 2 aliphatic rings. The SMILES string of the molecule is CC(=O)OC1O[C@H](C(C)OC(=O)c2ccccc2)[C@@H](OC(=O)c2ccccc2)C1OC(=O)c1ccccc1.CC(O)[C@H]1O[C@@H](n2cnc3c(=O)[nH]c(N)nc32)[C@H](O)[C@@H]1O. The number of hydrogen-bond acceptors (Lipinski definition) is 17. The lowest BCUT2D eigenvalue weighted by Gasteiger charge is -2.26. The van der Waals surface area contributed by atoms with E-state index >= 15 is 0 Å². The fourth-order valence-corrected chi connectivity index (χ4v) is 6.40. The van der Waals surface area contributed by atoms with Crippen molar-refractivity contribution in [3.63, 3.8) is 0 Å². The highest BCUT2D eigenvalue weighted by molar-refractivity contribution is 5.91. The van der Waals surface area contributed by atoms with Gasteiger partial charge in [0.05, 0.1) is 29.1 Å². The molecule has 2 aliphatic heterocycles. The number of fused-ring (bicyclic) bond motifs is 1. The van der Waals surface area contributed by atoms with Crippen LogP contribution in [-0.4, -0.2) is 114 Å². The van der Waals surface area contributed by atoms with Gasteiger partial charge in [0, 0.05) is 6.92 Å². The number of nitrogen functional groups attached to an aromatic ring is 1. The van der Waals surface area contributed by atoms with Crippen LogP contribution >= 0.6 is 0 Å². The number of aromatic amines is 1. The first-order valence-corrected chi connectivity index (χ1v) is 18.3. The van der Waals surface area contributed by atoms with Crippen LogP contribution in [0.4, 0.5) is 5.95 Å². The molecule has 2 fully saturated rings. The molecule has 19 heteroatoms. The average Bonchev–Trinajstić information content (AvgIpc) is 3.88. The van der Waals surface area contributed by atoms with Gasteiger partial charge in [-0.15, -0.1) is 0 Å². The van der Waals surface area contributed by atoms with Gasteiger partial charge in [0.1, 0.15) is 30.5 Å². The molecule has 4 heterocycles. The Morgan fingerprint density at radius 3 is 1.80 bits per heavy atom. The maximum absolute atomic E-state index is 13.0. The summed E-state index contributed by atoms with van der Waals surface area (Å²) in [6.07, 6.45) is -10.4. The number of carbonyl (C=O) groups excluding carboxylic acids is 4. The Labute approximate surface area is 335 Å². The molecule has 6 N–H and O–H groups in total. The van der Waals surface area contributed by atoms with Gasteiger partial charge in [0.25, 0.3) is 5.56 Å². The predicted octanol–water partition coefficient (Wildman–Crippen LogP) is 1.67. The smallest absolute Gasteiger partial charge is 0.338 e. The summed E-state index contributed by atoms with van der Waals surface area (Å²) in [7, 11) is 0. The van der Waals surface area contributed by atoms with Crippen LogP contribution in [-0.2, 0) is 33.2 Å². The molecule has 59 heavy (non-hydrogen) atoms. The van der Waals surface area contributed by atoms with Crippen LogP contribution in [0.1, 0.15) is 58.1 Å². The molecule has 0 radical (unpaired) electrons. The molecule has 0 spiro atoms. The molecule has 2 saturated heterocycles. The van der Waals surface area contributed by atoms with Crippen molar-refractivity contribution in [3.8, 4) is 0 Å². The van der Waals surface area contributed by atoms with E-state index in [0.717, 1.165) is 6.92 Å². The summed E-state index contributed by atoms with van der Waals surface area (Å²) < 4.78 is 35.0. The van der Waals surface area contributed by atoms with Gasteiger partial charge >= 0.3 is 23.9 Å². The number of nitrogens with zero attached hydrogens (tertiary/aromatic N) is 3. The number of esters is 4. The number of anilines is 1. The second-order valence-electron chi connectivity index (χ2n) is 13.5. The molecule has 10 atom stereocenters. The molecule has 19 nitrogen and oxygen atoms in total. The zero-order valence-electron chi connectivity index (χ0n) is 31.8. The normalized spacial score (nSPS) is 24.6. The van der Waals surface area contributed by atoms with Crippen LogP contribution in [0.5, 0.6) is 0 Å². The molecule has 4 unspecified atom stereocenters. The molecule has 0 bridgehead atoms. The number of imidazole rings is 1. The van der Waals surface area contributed by atoms with E-state index in [1.54, 1.807) is 97.9 Å². The van der Waals surface area contributed by atoms with Crippen molar-refractivity contribution in [2.75, 3.05) is 5.73 Å². The number of ether oxygens (including phenoxy) is 6. The second kappa shape index (κ2) is 18.4. The Bertz CT molecular complexity index is 2310. The number of hydrogen-bond donors (Lipinski definition) is 5. The van der Waals surface area contributed by atoms with Gasteiger partial charge in [-0.1, -0.05) is 54.6 Å². The van der Waals surface area contributed by atoms with Crippen molar-refractivity contribution < 1.29 is 62.9 Å². The third-order valence-electron chi connectivity index (χ3n) is 9.24. The van der Waals surface area contributed by atoms with E-state index in [-0.39, 0.29) is 28.2 Å². The Hall–Kier alpha value is -6.51. The van der Waals surface area contributed by atoms with Crippen molar-refractivity contribution in [3.05, 3.63) is 124 Å². The molecule has 310 valence electrons. The van der Waals surface area contributed by atoms with Crippen LogP contribution in [0.15, 0.2) is 102 Å². The number of aliphatic hydroxyl groups is 3. The topological polar surface area (TPSA) is 274 Å². The minimum absolute atomic E-state index is 0.0370. The van der Waals surface area contributed by atoms with Crippen molar-refractivity contribution in [1.29, 1.82) is 0 Å². The number of carbonyl (C=O) groups is 4. The molecular formula is C40H41N5O14. The van der Waals surface area contributed by atoms with Crippen LogP contribution in [0.25, 0.3) is 11.2 Å². The number of H-pyrrole nitrogens is 1. The van der Waals surface area contributed by atoms with Gasteiger partial charge in [0.2, 0.25) is 18.3 Å². The van der Waals surface area contributed by atoms with Gasteiger partial charge in [-0.05, 0) is 50.2 Å². The fraction of sp³-hybridized carbons (Fsp3) is 0.325. The maximum atomic E-state index is 13.0. The van der Waals surface area contributed by atoms with Crippen molar-refractivity contribution in [2.45, 2.75) is 82.1 Å². The molecule has 3 aromatic carbocycles. The number of nitrogens with two attached hydrogens (primary N) is 1. The number of nitrogens with one attached hydrogen (secondary N) is 1. The zero-order chi connectivity index (χ0) is 42.4. The Morgan fingerprint density at radius 1 is 0.763 bits per heavy atom. The van der Waals surface area contributed by atoms with E-state index in [1.165, 1.54) is 17.8 Å². The highest BCUT2D eigenvalue weighted by atomic mass is 16.8. The molecule has 5 aromatic rings. The highest BCUT2D eigenvalue weighted by Crippen LogP contribution is 2.34.